The molecule has 5 heteroatoms. The number of alkyl halides is 4. The van der Waals surface area contributed by atoms with Gasteiger partial charge in [0.2, 0.25) is 0 Å². The maximum atomic E-state index is 11.7. The zero-order chi connectivity index (χ0) is 12.0. The maximum Gasteiger partial charge on any atom is 0.411 e. The minimum atomic E-state index is -4.19. The van der Waals surface area contributed by atoms with Crippen LogP contribution in [0.3, 0.4) is 0 Å². The fourth-order valence-corrected chi connectivity index (χ4v) is 2.45. The van der Waals surface area contributed by atoms with Crippen molar-refractivity contribution in [1.29, 1.82) is 0 Å². The van der Waals surface area contributed by atoms with Crippen molar-refractivity contribution in [3.63, 3.8) is 0 Å². The maximum absolute atomic E-state index is 11.7. The summed E-state index contributed by atoms with van der Waals surface area (Å²) in [4.78, 5) is 0.614. The lowest BCUT2D eigenvalue weighted by Crippen LogP contribution is -2.17. The Morgan fingerprint density at radius 3 is 2.44 bits per heavy atom. The van der Waals surface area contributed by atoms with E-state index >= 15 is 0 Å². The molecule has 0 aromatic carbocycles. The third-order valence-electron chi connectivity index (χ3n) is 2.67. The van der Waals surface area contributed by atoms with E-state index in [-0.39, 0.29) is 6.61 Å². The minimum absolute atomic E-state index is 0.218. The number of halogens is 4. The Kier molecular flexibility index (Phi) is 6.11. The van der Waals surface area contributed by atoms with Crippen LogP contribution in [0.2, 0.25) is 0 Å². The Morgan fingerprint density at radius 2 is 1.88 bits per heavy atom. The molecule has 0 aliphatic heterocycles. The smallest absolute Gasteiger partial charge is 0.372 e. The summed E-state index contributed by atoms with van der Waals surface area (Å²) in [5.41, 5.74) is 0. The van der Waals surface area contributed by atoms with Gasteiger partial charge in [-0.05, 0) is 31.6 Å². The fraction of sp³-hybridized carbons (Fsp3) is 1.00. The van der Waals surface area contributed by atoms with Crippen molar-refractivity contribution in [1.82, 2.24) is 0 Å². The molecule has 0 N–H and O–H groups in total. The topological polar surface area (TPSA) is 9.23 Å². The van der Waals surface area contributed by atoms with Gasteiger partial charge in [0, 0.05) is 11.4 Å². The number of hydrogen-bond acceptors (Lipinski definition) is 1. The van der Waals surface area contributed by atoms with Crippen molar-refractivity contribution in [3.8, 4) is 0 Å². The summed E-state index contributed by atoms with van der Waals surface area (Å²) in [7, 11) is 0. The largest absolute Gasteiger partial charge is 0.411 e. The Morgan fingerprint density at radius 1 is 1.19 bits per heavy atom. The van der Waals surface area contributed by atoms with Gasteiger partial charge in [-0.3, -0.25) is 0 Å². The molecular formula is C11H18BrF3O. The molecule has 0 spiro atoms. The number of hydrogen-bond donors (Lipinski definition) is 0. The van der Waals surface area contributed by atoms with E-state index in [1.165, 1.54) is 12.8 Å². The van der Waals surface area contributed by atoms with Crippen LogP contribution in [-0.2, 0) is 4.74 Å². The SMILES string of the molecule is FC(F)(F)COCCCCCC(Br)C1CC1. The molecule has 1 aliphatic rings. The van der Waals surface area contributed by atoms with Gasteiger partial charge in [-0.25, -0.2) is 0 Å². The average Bonchev–Trinajstić information content (AvgIpc) is 2.97. The van der Waals surface area contributed by atoms with Crippen LogP contribution in [0.1, 0.15) is 38.5 Å². The highest BCUT2D eigenvalue weighted by Crippen LogP contribution is 2.38. The summed E-state index contributed by atoms with van der Waals surface area (Å²) in [6.07, 6.45) is 2.33. The Labute approximate surface area is 103 Å². The highest BCUT2D eigenvalue weighted by molar-refractivity contribution is 9.09. The predicted molar refractivity (Wildman–Crippen MR) is 60.8 cm³/mol. The van der Waals surface area contributed by atoms with Crippen LogP contribution < -0.4 is 0 Å². The lowest BCUT2D eigenvalue weighted by molar-refractivity contribution is -0.174. The Balaban J connectivity index is 1.81. The van der Waals surface area contributed by atoms with Crippen molar-refractivity contribution >= 4 is 15.9 Å². The van der Waals surface area contributed by atoms with E-state index < -0.39 is 12.8 Å². The van der Waals surface area contributed by atoms with Gasteiger partial charge < -0.3 is 4.74 Å². The molecule has 1 fully saturated rings. The van der Waals surface area contributed by atoms with Crippen molar-refractivity contribution in [3.05, 3.63) is 0 Å². The summed E-state index contributed by atoms with van der Waals surface area (Å²) >= 11 is 3.63. The zero-order valence-corrected chi connectivity index (χ0v) is 10.8. The van der Waals surface area contributed by atoms with Gasteiger partial charge >= 0.3 is 6.18 Å². The molecule has 1 unspecified atom stereocenters. The number of unbranched alkanes of at least 4 members (excludes halogenated alkanes) is 2. The summed E-state index contributed by atoms with van der Waals surface area (Å²) in [6, 6.07) is 0. The van der Waals surface area contributed by atoms with Gasteiger partial charge in [-0.2, -0.15) is 13.2 Å². The number of ether oxygens (including phenoxy) is 1. The van der Waals surface area contributed by atoms with E-state index in [1.807, 2.05) is 0 Å². The lowest BCUT2D eigenvalue weighted by Gasteiger charge is -2.09. The fourth-order valence-electron chi connectivity index (χ4n) is 1.60. The Bertz CT molecular complexity index is 192. The third kappa shape index (κ3) is 7.49. The van der Waals surface area contributed by atoms with Crippen LogP contribution in [0.5, 0.6) is 0 Å². The van der Waals surface area contributed by atoms with E-state index in [2.05, 4.69) is 20.7 Å². The molecule has 96 valence electrons. The van der Waals surface area contributed by atoms with Crippen molar-refractivity contribution in [2.45, 2.75) is 49.5 Å². The van der Waals surface area contributed by atoms with Crippen LogP contribution in [0.15, 0.2) is 0 Å². The molecule has 1 aliphatic carbocycles. The summed E-state index contributed by atoms with van der Waals surface area (Å²) in [6.45, 7) is -0.897. The van der Waals surface area contributed by atoms with Crippen LogP contribution in [0.4, 0.5) is 13.2 Å². The van der Waals surface area contributed by atoms with E-state index in [0.29, 0.717) is 4.83 Å². The average molecular weight is 303 g/mol. The van der Waals surface area contributed by atoms with Crippen LogP contribution in [-0.4, -0.2) is 24.2 Å². The molecular weight excluding hydrogens is 285 g/mol. The number of rotatable bonds is 8. The van der Waals surface area contributed by atoms with Gasteiger partial charge in [0.25, 0.3) is 0 Å². The van der Waals surface area contributed by atoms with E-state index in [0.717, 1.165) is 31.6 Å². The Hall–Kier alpha value is 0.230. The molecule has 1 atom stereocenters. The highest BCUT2D eigenvalue weighted by atomic mass is 79.9. The predicted octanol–water partition coefficient (Wildman–Crippen LogP) is 4.30. The summed E-state index contributed by atoms with van der Waals surface area (Å²) in [5, 5.41) is 0. The van der Waals surface area contributed by atoms with Gasteiger partial charge in [-0.15, -0.1) is 0 Å². The minimum Gasteiger partial charge on any atom is -0.372 e. The quantitative estimate of drug-likeness (QED) is 0.480. The van der Waals surface area contributed by atoms with Crippen LogP contribution >= 0.6 is 15.9 Å². The van der Waals surface area contributed by atoms with Gasteiger partial charge in [0.15, 0.2) is 0 Å². The van der Waals surface area contributed by atoms with Crippen LogP contribution in [0, 0.1) is 5.92 Å². The molecule has 16 heavy (non-hydrogen) atoms. The first kappa shape index (κ1) is 14.3. The molecule has 1 rings (SSSR count). The van der Waals surface area contributed by atoms with E-state index in [9.17, 15) is 13.2 Å². The third-order valence-corrected chi connectivity index (χ3v) is 3.87. The highest BCUT2D eigenvalue weighted by Gasteiger charge is 2.28. The second kappa shape index (κ2) is 6.84. The van der Waals surface area contributed by atoms with Gasteiger partial charge in [0.1, 0.15) is 6.61 Å². The first-order valence-corrected chi connectivity index (χ1v) is 6.69. The van der Waals surface area contributed by atoms with E-state index in [1.54, 1.807) is 0 Å². The molecule has 1 nitrogen and oxygen atoms in total. The van der Waals surface area contributed by atoms with Crippen molar-refractivity contribution in [2.24, 2.45) is 5.92 Å². The van der Waals surface area contributed by atoms with Gasteiger partial charge in [0.05, 0.1) is 0 Å². The van der Waals surface area contributed by atoms with Gasteiger partial charge in [-0.1, -0.05) is 28.8 Å². The molecule has 0 amide bonds. The molecule has 0 radical (unpaired) electrons. The first-order chi connectivity index (χ1) is 7.49. The standard InChI is InChI=1S/C11H18BrF3O/c12-10(9-5-6-9)4-2-1-3-7-16-8-11(13,14)15/h9-10H,1-8H2. The molecule has 0 aromatic rings. The second-order valence-electron chi connectivity index (χ2n) is 4.37. The molecule has 1 saturated carbocycles. The monoisotopic (exact) mass is 302 g/mol. The lowest BCUT2D eigenvalue weighted by atomic mass is 10.1. The first-order valence-electron chi connectivity index (χ1n) is 5.77. The van der Waals surface area contributed by atoms with Crippen molar-refractivity contribution in [2.75, 3.05) is 13.2 Å². The second-order valence-corrected chi connectivity index (χ2v) is 5.55. The summed E-state index contributed by atoms with van der Waals surface area (Å²) < 4.78 is 39.6. The molecule has 0 heterocycles. The normalized spacial score (nSPS) is 18.8. The molecule has 0 saturated heterocycles. The molecule has 0 aromatic heterocycles. The zero-order valence-electron chi connectivity index (χ0n) is 9.23. The molecule has 0 bridgehead atoms. The van der Waals surface area contributed by atoms with Crippen LogP contribution in [0.25, 0.3) is 0 Å². The summed E-state index contributed by atoms with van der Waals surface area (Å²) in [5.74, 6) is 0.849. The van der Waals surface area contributed by atoms with Crippen molar-refractivity contribution < 1.29 is 17.9 Å². The van der Waals surface area contributed by atoms with E-state index in [4.69, 9.17) is 0 Å².